The van der Waals surface area contributed by atoms with E-state index in [4.69, 9.17) is 9.84 Å². The van der Waals surface area contributed by atoms with Crippen LogP contribution in [0, 0.1) is 5.82 Å². The molecular weight excluding hydrogens is 487 g/mol. The Balaban J connectivity index is 1.83. The summed E-state index contributed by atoms with van der Waals surface area (Å²) in [5.74, 6) is -2.09. The highest BCUT2D eigenvalue weighted by molar-refractivity contribution is 7.19. The van der Waals surface area contributed by atoms with Gasteiger partial charge in [0.25, 0.3) is 5.91 Å². The molecule has 0 radical (unpaired) electrons. The number of aromatic nitrogens is 1. The van der Waals surface area contributed by atoms with Crippen LogP contribution in [0.4, 0.5) is 19.9 Å². The fourth-order valence-electron chi connectivity index (χ4n) is 3.27. The number of carboxylic acid groups (broad SMARTS) is 1. The number of hydrogen-bond donors (Lipinski definition) is 4. The number of carboxylic acids is 1. The summed E-state index contributed by atoms with van der Waals surface area (Å²) >= 11 is 1.16. The molecule has 1 aromatic heterocycles. The molecule has 0 atom stereocenters. The molecule has 36 heavy (non-hydrogen) atoms. The number of carbonyl (C=O) groups is 3. The summed E-state index contributed by atoms with van der Waals surface area (Å²) in [7, 11) is 1.63. The maximum absolute atomic E-state index is 14.4. The second-order valence-corrected chi connectivity index (χ2v) is 9.83. The lowest BCUT2D eigenvalue weighted by molar-refractivity contribution is -0.136. The first-order chi connectivity index (χ1) is 16.9. The Labute approximate surface area is 211 Å². The number of para-hydroxylation sites is 1. The molecule has 1 heterocycles. The molecule has 0 aliphatic heterocycles. The van der Waals surface area contributed by atoms with E-state index in [9.17, 15) is 18.8 Å². The van der Waals surface area contributed by atoms with Crippen molar-refractivity contribution in [2.75, 3.05) is 17.7 Å². The quantitative estimate of drug-likeness (QED) is 0.337. The van der Waals surface area contributed by atoms with Crippen LogP contribution in [0.5, 0.6) is 0 Å². The minimum absolute atomic E-state index is 0.0393. The van der Waals surface area contributed by atoms with Gasteiger partial charge in [-0.2, -0.15) is 0 Å². The van der Waals surface area contributed by atoms with Crippen molar-refractivity contribution in [1.29, 1.82) is 0 Å². The van der Waals surface area contributed by atoms with E-state index in [2.05, 4.69) is 20.9 Å². The van der Waals surface area contributed by atoms with Crippen molar-refractivity contribution in [1.82, 2.24) is 10.3 Å². The molecule has 2 aromatic carbocycles. The molecule has 11 heteroatoms. The van der Waals surface area contributed by atoms with Gasteiger partial charge in [-0.05, 0) is 56.2 Å². The lowest BCUT2D eigenvalue weighted by Crippen LogP contribution is -2.32. The third kappa shape index (κ3) is 7.25. The number of rotatable bonds is 8. The molecule has 0 aliphatic rings. The largest absolute Gasteiger partial charge is 0.481 e. The normalized spacial score (nSPS) is 11.0. The summed E-state index contributed by atoms with van der Waals surface area (Å²) in [6, 6.07) is 10.9. The average molecular weight is 515 g/mol. The highest BCUT2D eigenvalue weighted by atomic mass is 32.1. The third-order valence-corrected chi connectivity index (χ3v) is 5.84. The zero-order valence-electron chi connectivity index (χ0n) is 20.3. The van der Waals surface area contributed by atoms with Gasteiger partial charge in [-0.1, -0.05) is 29.5 Å². The van der Waals surface area contributed by atoms with Crippen LogP contribution in [0.1, 0.15) is 42.4 Å². The molecule has 2 amide bonds. The van der Waals surface area contributed by atoms with Crippen molar-refractivity contribution >= 4 is 40.0 Å². The van der Waals surface area contributed by atoms with E-state index >= 15 is 0 Å². The number of nitrogens with one attached hydrogen (secondary N) is 3. The minimum Gasteiger partial charge on any atom is -0.481 e. The molecule has 190 valence electrons. The number of alkyl carbamates (subject to hydrolysis) is 1. The Hall–Kier alpha value is -3.99. The lowest BCUT2D eigenvalue weighted by Gasteiger charge is -2.19. The molecule has 0 bridgehead atoms. The standard InChI is InChI=1S/C25H27FN4O5S/c1-25(2,3)35-24(34)28-13-14-9-16(11-17(26)10-14)22-30-20(23(27-4)36-22)21(33)29-18-8-6-5-7-15(18)12-19(31)32/h5-11,27H,12-13H2,1-4H3,(H,28,34)(H,29,33)(H,31,32). The Morgan fingerprint density at radius 1 is 1.14 bits per heavy atom. The van der Waals surface area contributed by atoms with E-state index < -0.39 is 29.4 Å². The van der Waals surface area contributed by atoms with Crippen molar-refractivity contribution in [3.63, 3.8) is 0 Å². The topological polar surface area (TPSA) is 130 Å². The van der Waals surface area contributed by atoms with E-state index in [1.54, 1.807) is 58.2 Å². The first-order valence-corrected chi connectivity index (χ1v) is 11.8. The summed E-state index contributed by atoms with van der Waals surface area (Å²) in [5.41, 5.74) is 1.16. The van der Waals surface area contributed by atoms with Crippen LogP contribution in [0.15, 0.2) is 42.5 Å². The van der Waals surface area contributed by atoms with Gasteiger partial charge < -0.3 is 25.8 Å². The summed E-state index contributed by atoms with van der Waals surface area (Å²) in [6.07, 6.45) is -0.872. The molecule has 3 rings (SSSR count). The number of benzene rings is 2. The molecule has 9 nitrogen and oxygen atoms in total. The van der Waals surface area contributed by atoms with Crippen molar-refractivity contribution in [3.8, 4) is 10.6 Å². The SMILES string of the molecule is CNc1sc(-c2cc(F)cc(CNC(=O)OC(C)(C)C)c2)nc1C(=O)Nc1ccccc1CC(=O)O. The van der Waals surface area contributed by atoms with Crippen molar-refractivity contribution in [3.05, 3.63) is 65.1 Å². The molecule has 0 aliphatic carbocycles. The Morgan fingerprint density at radius 3 is 2.53 bits per heavy atom. The van der Waals surface area contributed by atoms with E-state index in [1.807, 2.05) is 0 Å². The Bertz CT molecular complexity index is 1290. The van der Waals surface area contributed by atoms with Gasteiger partial charge in [0.05, 0.1) is 6.42 Å². The predicted octanol–water partition coefficient (Wildman–Crippen LogP) is 4.90. The molecule has 0 saturated heterocycles. The lowest BCUT2D eigenvalue weighted by atomic mass is 10.1. The summed E-state index contributed by atoms with van der Waals surface area (Å²) in [6.45, 7) is 5.27. The van der Waals surface area contributed by atoms with Crippen LogP contribution >= 0.6 is 11.3 Å². The van der Waals surface area contributed by atoms with Crippen molar-refractivity contribution < 1.29 is 28.6 Å². The molecule has 0 spiro atoms. The van der Waals surface area contributed by atoms with Gasteiger partial charge in [-0.15, -0.1) is 0 Å². The molecule has 4 N–H and O–H groups in total. The van der Waals surface area contributed by atoms with Crippen LogP contribution in [-0.2, 0) is 22.5 Å². The van der Waals surface area contributed by atoms with Gasteiger partial charge in [0.1, 0.15) is 21.4 Å². The van der Waals surface area contributed by atoms with Crippen LogP contribution in [-0.4, -0.2) is 40.7 Å². The van der Waals surface area contributed by atoms with Gasteiger partial charge in [-0.25, -0.2) is 14.2 Å². The summed E-state index contributed by atoms with van der Waals surface area (Å²) in [4.78, 5) is 40.5. The Kier molecular flexibility index (Phi) is 8.25. The summed E-state index contributed by atoms with van der Waals surface area (Å²) < 4.78 is 19.6. The van der Waals surface area contributed by atoms with Gasteiger partial charge in [0.15, 0.2) is 5.69 Å². The average Bonchev–Trinajstić information content (AvgIpc) is 3.22. The number of anilines is 2. The minimum atomic E-state index is -1.02. The smallest absolute Gasteiger partial charge is 0.407 e. The van der Waals surface area contributed by atoms with Gasteiger partial charge in [-0.3, -0.25) is 9.59 Å². The number of carbonyl (C=O) groups excluding carboxylic acids is 2. The molecule has 3 aromatic rings. The fraction of sp³-hybridized carbons (Fsp3) is 0.280. The maximum Gasteiger partial charge on any atom is 0.407 e. The van der Waals surface area contributed by atoms with E-state index in [-0.39, 0.29) is 18.7 Å². The van der Waals surface area contributed by atoms with Crippen LogP contribution in [0.25, 0.3) is 10.6 Å². The molecule has 0 fully saturated rings. The highest BCUT2D eigenvalue weighted by Gasteiger charge is 2.21. The number of hydrogen-bond acceptors (Lipinski definition) is 7. The van der Waals surface area contributed by atoms with Gasteiger partial charge in [0, 0.05) is 24.8 Å². The van der Waals surface area contributed by atoms with Crippen LogP contribution in [0.3, 0.4) is 0 Å². The Morgan fingerprint density at radius 2 is 1.86 bits per heavy atom. The maximum atomic E-state index is 14.4. The van der Waals surface area contributed by atoms with Crippen LogP contribution < -0.4 is 16.0 Å². The molecule has 0 saturated carbocycles. The van der Waals surface area contributed by atoms with Crippen LogP contribution in [0.2, 0.25) is 0 Å². The molecule has 0 unspecified atom stereocenters. The van der Waals surface area contributed by atoms with Crippen molar-refractivity contribution in [2.24, 2.45) is 0 Å². The fourth-order valence-corrected chi connectivity index (χ4v) is 4.18. The van der Waals surface area contributed by atoms with E-state index in [0.717, 1.165) is 11.3 Å². The monoisotopic (exact) mass is 514 g/mol. The predicted molar refractivity (Wildman–Crippen MR) is 136 cm³/mol. The van der Waals surface area contributed by atoms with Gasteiger partial charge in [0.2, 0.25) is 0 Å². The third-order valence-electron chi connectivity index (χ3n) is 4.72. The second kappa shape index (κ2) is 11.2. The number of ether oxygens (including phenoxy) is 1. The summed E-state index contributed by atoms with van der Waals surface area (Å²) in [5, 5.41) is 18.2. The highest BCUT2D eigenvalue weighted by Crippen LogP contribution is 2.33. The second-order valence-electron chi connectivity index (χ2n) is 8.83. The van der Waals surface area contributed by atoms with Crippen molar-refractivity contribution in [2.45, 2.75) is 39.3 Å². The van der Waals surface area contributed by atoms with Gasteiger partial charge >= 0.3 is 12.1 Å². The first-order valence-electron chi connectivity index (χ1n) is 11.0. The number of thiazole rings is 1. The molecular formula is C25H27FN4O5S. The van der Waals surface area contributed by atoms with E-state index in [1.165, 1.54) is 12.1 Å². The number of nitrogens with zero attached hydrogens (tertiary/aromatic N) is 1. The zero-order chi connectivity index (χ0) is 26.5. The van der Waals surface area contributed by atoms with E-state index in [0.29, 0.717) is 32.4 Å². The number of amides is 2. The first kappa shape index (κ1) is 26.6. The zero-order valence-corrected chi connectivity index (χ0v) is 21.1. The number of halogens is 1. The number of aliphatic carboxylic acids is 1.